The number of hydrogen-bond donors (Lipinski definition) is 1. The molecule has 0 aliphatic rings. The minimum Gasteiger partial charge on any atom is -0.493 e. The molecule has 0 aliphatic carbocycles. The first-order valence-corrected chi connectivity index (χ1v) is 7.99. The Kier molecular flexibility index (Phi) is 6.05. The second-order valence-electron chi connectivity index (χ2n) is 8.09. The van der Waals surface area contributed by atoms with Crippen molar-refractivity contribution in [3.05, 3.63) is 29.8 Å². The van der Waals surface area contributed by atoms with Gasteiger partial charge in [-0.05, 0) is 58.7 Å². The van der Waals surface area contributed by atoms with Gasteiger partial charge in [-0.25, -0.2) is 0 Å². The molecule has 0 bridgehead atoms. The molecule has 0 saturated heterocycles. The van der Waals surface area contributed by atoms with Crippen molar-refractivity contribution in [2.45, 2.75) is 66.1 Å². The van der Waals surface area contributed by atoms with Gasteiger partial charge in [0.25, 0.3) is 0 Å². The Morgan fingerprint density at radius 2 is 1.45 bits per heavy atom. The monoisotopic (exact) mass is 308 g/mol. The molecule has 22 heavy (non-hydrogen) atoms. The van der Waals surface area contributed by atoms with Crippen LogP contribution in [0.4, 0.5) is 0 Å². The van der Waals surface area contributed by atoms with Crippen LogP contribution >= 0.6 is 0 Å². The summed E-state index contributed by atoms with van der Waals surface area (Å²) in [6.07, 6.45) is 0.896. The molecule has 126 valence electrons. The SMILES string of the molecule is CC(C)(C)OCCc1ccc(OCC(C)(C)C(C)(C)O)cc1. The van der Waals surface area contributed by atoms with Gasteiger partial charge in [-0.15, -0.1) is 0 Å². The summed E-state index contributed by atoms with van der Waals surface area (Å²) in [6, 6.07) is 8.09. The molecule has 0 fully saturated rings. The van der Waals surface area contributed by atoms with Gasteiger partial charge in [-0.3, -0.25) is 0 Å². The van der Waals surface area contributed by atoms with Crippen LogP contribution in [-0.4, -0.2) is 29.5 Å². The number of rotatable bonds is 7. The van der Waals surface area contributed by atoms with E-state index in [0.717, 1.165) is 18.8 Å². The van der Waals surface area contributed by atoms with E-state index < -0.39 is 5.60 Å². The van der Waals surface area contributed by atoms with Crippen LogP contribution in [0.25, 0.3) is 0 Å². The Labute approximate surface area is 135 Å². The molecule has 1 rings (SSSR count). The van der Waals surface area contributed by atoms with E-state index >= 15 is 0 Å². The van der Waals surface area contributed by atoms with Crippen molar-refractivity contribution in [3.63, 3.8) is 0 Å². The lowest BCUT2D eigenvalue weighted by Crippen LogP contribution is -2.43. The summed E-state index contributed by atoms with van der Waals surface area (Å²) >= 11 is 0. The highest BCUT2D eigenvalue weighted by atomic mass is 16.5. The molecule has 0 saturated carbocycles. The van der Waals surface area contributed by atoms with Gasteiger partial charge in [-0.2, -0.15) is 0 Å². The topological polar surface area (TPSA) is 38.7 Å². The fourth-order valence-electron chi connectivity index (χ4n) is 1.67. The highest BCUT2D eigenvalue weighted by molar-refractivity contribution is 5.27. The summed E-state index contributed by atoms with van der Waals surface area (Å²) in [6.45, 7) is 15.0. The van der Waals surface area contributed by atoms with E-state index in [2.05, 4.69) is 32.9 Å². The third kappa shape index (κ3) is 6.37. The van der Waals surface area contributed by atoms with Crippen molar-refractivity contribution >= 4 is 0 Å². The quantitative estimate of drug-likeness (QED) is 0.819. The Bertz CT molecular complexity index is 447. The Hall–Kier alpha value is -1.06. The van der Waals surface area contributed by atoms with Gasteiger partial charge in [-0.1, -0.05) is 26.0 Å². The van der Waals surface area contributed by atoms with Gasteiger partial charge in [0.2, 0.25) is 0 Å². The third-order valence-corrected chi connectivity index (χ3v) is 4.11. The summed E-state index contributed by atoms with van der Waals surface area (Å²) in [7, 11) is 0. The minimum atomic E-state index is -0.781. The van der Waals surface area contributed by atoms with Gasteiger partial charge in [0.05, 0.1) is 24.4 Å². The van der Waals surface area contributed by atoms with Crippen LogP contribution in [0.3, 0.4) is 0 Å². The second-order valence-corrected chi connectivity index (χ2v) is 8.09. The van der Waals surface area contributed by atoms with Gasteiger partial charge >= 0.3 is 0 Å². The van der Waals surface area contributed by atoms with Crippen molar-refractivity contribution in [2.75, 3.05) is 13.2 Å². The molecule has 0 radical (unpaired) electrons. The molecule has 0 amide bonds. The van der Waals surface area contributed by atoms with E-state index in [4.69, 9.17) is 9.47 Å². The molecule has 1 aromatic carbocycles. The Morgan fingerprint density at radius 3 is 1.91 bits per heavy atom. The van der Waals surface area contributed by atoms with Gasteiger partial charge in [0.15, 0.2) is 0 Å². The molecule has 0 unspecified atom stereocenters. The number of benzene rings is 1. The van der Waals surface area contributed by atoms with Crippen molar-refractivity contribution in [1.82, 2.24) is 0 Å². The van der Waals surface area contributed by atoms with Crippen LogP contribution in [0.2, 0.25) is 0 Å². The average Bonchev–Trinajstić information content (AvgIpc) is 2.35. The fraction of sp³-hybridized carbons (Fsp3) is 0.684. The summed E-state index contributed by atoms with van der Waals surface area (Å²) in [5.74, 6) is 0.831. The summed E-state index contributed by atoms with van der Waals surface area (Å²) in [4.78, 5) is 0. The van der Waals surface area contributed by atoms with Gasteiger partial charge in [0, 0.05) is 5.41 Å². The van der Waals surface area contributed by atoms with E-state index in [1.54, 1.807) is 0 Å². The fourth-order valence-corrected chi connectivity index (χ4v) is 1.67. The largest absolute Gasteiger partial charge is 0.493 e. The first kappa shape index (κ1) is 19.0. The first-order chi connectivity index (χ1) is 9.91. The molecule has 0 heterocycles. The maximum Gasteiger partial charge on any atom is 0.119 e. The van der Waals surface area contributed by atoms with Crippen LogP contribution in [0.15, 0.2) is 24.3 Å². The molecule has 3 heteroatoms. The summed E-state index contributed by atoms with van der Waals surface area (Å²) in [5, 5.41) is 10.1. The van der Waals surface area contributed by atoms with E-state index in [0.29, 0.717) is 6.61 Å². The maximum absolute atomic E-state index is 10.1. The zero-order valence-electron chi connectivity index (χ0n) is 15.2. The molecule has 1 aromatic rings. The van der Waals surface area contributed by atoms with Gasteiger partial charge in [0.1, 0.15) is 5.75 Å². The predicted molar refractivity (Wildman–Crippen MR) is 91.4 cm³/mol. The number of ether oxygens (including phenoxy) is 2. The molecule has 1 N–H and O–H groups in total. The molecular weight excluding hydrogens is 276 g/mol. The van der Waals surface area contributed by atoms with E-state index in [1.807, 2.05) is 39.8 Å². The van der Waals surface area contributed by atoms with Crippen molar-refractivity contribution in [2.24, 2.45) is 5.41 Å². The van der Waals surface area contributed by atoms with Crippen molar-refractivity contribution in [3.8, 4) is 5.75 Å². The molecule has 0 spiro atoms. The number of aliphatic hydroxyl groups is 1. The first-order valence-electron chi connectivity index (χ1n) is 7.99. The standard InChI is InChI=1S/C19H32O3/c1-17(2,3)22-13-12-15-8-10-16(11-9-15)21-14-18(4,5)19(6,7)20/h8-11,20H,12-14H2,1-7H3. The molecule has 0 aromatic heterocycles. The molecule has 0 aliphatic heterocycles. The van der Waals surface area contributed by atoms with Crippen LogP contribution in [0.1, 0.15) is 54.0 Å². The maximum atomic E-state index is 10.1. The highest BCUT2D eigenvalue weighted by Crippen LogP contribution is 2.31. The third-order valence-electron chi connectivity index (χ3n) is 4.11. The Balaban J connectivity index is 2.49. The smallest absolute Gasteiger partial charge is 0.119 e. The zero-order chi connectivity index (χ0) is 17.0. The van der Waals surface area contributed by atoms with Crippen LogP contribution < -0.4 is 4.74 Å². The zero-order valence-corrected chi connectivity index (χ0v) is 15.2. The predicted octanol–water partition coefficient (Wildman–Crippen LogP) is 4.22. The minimum absolute atomic E-state index is 0.0915. The van der Waals surface area contributed by atoms with Crippen LogP contribution in [0.5, 0.6) is 5.75 Å². The van der Waals surface area contributed by atoms with Crippen LogP contribution in [0, 0.1) is 5.41 Å². The molecular formula is C19H32O3. The molecule has 3 nitrogen and oxygen atoms in total. The highest BCUT2D eigenvalue weighted by Gasteiger charge is 2.35. The average molecular weight is 308 g/mol. The van der Waals surface area contributed by atoms with Crippen molar-refractivity contribution < 1.29 is 14.6 Å². The Morgan fingerprint density at radius 1 is 0.909 bits per heavy atom. The number of hydrogen-bond acceptors (Lipinski definition) is 3. The van der Waals surface area contributed by atoms with E-state index in [-0.39, 0.29) is 11.0 Å². The second kappa shape index (κ2) is 7.01. The van der Waals surface area contributed by atoms with Crippen LogP contribution in [-0.2, 0) is 11.2 Å². The van der Waals surface area contributed by atoms with E-state index in [9.17, 15) is 5.11 Å². The summed E-state index contributed by atoms with van der Waals surface area (Å²) in [5.41, 5.74) is 0.0493. The lowest BCUT2D eigenvalue weighted by molar-refractivity contribution is -0.0570. The van der Waals surface area contributed by atoms with Gasteiger partial charge < -0.3 is 14.6 Å². The lowest BCUT2D eigenvalue weighted by atomic mass is 9.78. The van der Waals surface area contributed by atoms with Crippen molar-refractivity contribution in [1.29, 1.82) is 0 Å². The van der Waals surface area contributed by atoms with E-state index in [1.165, 1.54) is 5.56 Å². The molecule has 0 atom stereocenters. The lowest BCUT2D eigenvalue weighted by Gasteiger charge is -2.36. The normalized spacial score (nSPS) is 13.3. The summed E-state index contributed by atoms with van der Waals surface area (Å²) < 4.78 is 11.6.